The van der Waals surface area contributed by atoms with Crippen molar-refractivity contribution in [3.05, 3.63) is 0 Å². The molecule has 0 radical (unpaired) electrons. The highest BCUT2D eigenvalue weighted by atomic mass is 32.2. The largest absolute Gasteiger partial charge is 0.406 e. The molecule has 2 heterocycles. The number of piperidine rings is 1. The fourth-order valence-corrected chi connectivity index (χ4v) is 5.30. The van der Waals surface area contributed by atoms with Gasteiger partial charge in [0.05, 0.1) is 11.3 Å². The lowest BCUT2D eigenvalue weighted by Crippen LogP contribution is -2.59. The number of hydrogen-bond acceptors (Lipinski definition) is 4. The molecule has 1 amide bonds. The van der Waals surface area contributed by atoms with Crippen LogP contribution in [0.5, 0.6) is 0 Å². The third-order valence-electron chi connectivity index (χ3n) is 4.89. The highest BCUT2D eigenvalue weighted by Gasteiger charge is 2.43. The first-order valence-electron chi connectivity index (χ1n) is 8.27. The first-order valence-corrected chi connectivity index (χ1v) is 9.77. The third-order valence-corrected chi connectivity index (χ3v) is 7.29. The van der Waals surface area contributed by atoms with E-state index >= 15 is 0 Å². The predicted molar refractivity (Wildman–Crippen MR) is 80.7 cm³/mol. The van der Waals surface area contributed by atoms with Crippen molar-refractivity contribution in [2.75, 3.05) is 39.3 Å². The minimum Gasteiger partial charge on any atom is -0.332 e. The Bertz CT molecular complexity index is 584. The van der Waals surface area contributed by atoms with Crippen molar-refractivity contribution in [2.24, 2.45) is 0 Å². The van der Waals surface area contributed by atoms with Gasteiger partial charge in [-0.2, -0.15) is 17.5 Å². The molecule has 0 aromatic rings. The van der Waals surface area contributed by atoms with Crippen molar-refractivity contribution >= 4 is 15.9 Å². The number of sulfonamides is 1. The van der Waals surface area contributed by atoms with Gasteiger partial charge >= 0.3 is 6.18 Å². The Morgan fingerprint density at radius 2 is 1.62 bits per heavy atom. The molecular formula is C14H22F3N3O3S. The molecule has 1 aliphatic carbocycles. The van der Waals surface area contributed by atoms with Gasteiger partial charge in [0.2, 0.25) is 15.9 Å². The maximum absolute atomic E-state index is 12.6. The number of alkyl halides is 3. The van der Waals surface area contributed by atoms with Crippen molar-refractivity contribution in [2.45, 2.75) is 43.2 Å². The maximum atomic E-state index is 12.6. The van der Waals surface area contributed by atoms with Crippen LogP contribution in [0.1, 0.15) is 25.7 Å². The number of carbonyl (C=O) groups excluding carboxylic acids is 1. The average molecular weight is 369 g/mol. The molecule has 3 fully saturated rings. The molecule has 2 aliphatic heterocycles. The van der Waals surface area contributed by atoms with E-state index in [2.05, 4.69) is 0 Å². The topological polar surface area (TPSA) is 60.9 Å². The van der Waals surface area contributed by atoms with E-state index in [4.69, 9.17) is 0 Å². The summed E-state index contributed by atoms with van der Waals surface area (Å²) >= 11 is 0. The van der Waals surface area contributed by atoms with Gasteiger partial charge in [-0.05, 0) is 25.7 Å². The smallest absolute Gasteiger partial charge is 0.332 e. The highest BCUT2D eigenvalue weighted by Crippen LogP contribution is 2.32. The monoisotopic (exact) mass is 369 g/mol. The van der Waals surface area contributed by atoms with Crippen LogP contribution in [0, 0.1) is 0 Å². The number of amides is 1. The number of hydrogen-bond donors (Lipinski definition) is 0. The molecule has 3 rings (SSSR count). The zero-order valence-corrected chi connectivity index (χ0v) is 14.2. The molecule has 0 aromatic heterocycles. The fraction of sp³-hybridized carbons (Fsp3) is 0.929. The first kappa shape index (κ1) is 17.9. The Kier molecular flexibility index (Phi) is 4.82. The minimum atomic E-state index is -4.39. The van der Waals surface area contributed by atoms with Crippen molar-refractivity contribution in [3.8, 4) is 0 Å². The zero-order chi connectivity index (χ0) is 17.5. The Balaban J connectivity index is 1.58. The molecular weight excluding hydrogens is 347 g/mol. The van der Waals surface area contributed by atoms with E-state index in [-0.39, 0.29) is 11.8 Å². The highest BCUT2D eigenvalue weighted by molar-refractivity contribution is 7.90. The molecule has 0 aromatic carbocycles. The van der Waals surface area contributed by atoms with Crippen LogP contribution in [0.4, 0.5) is 13.2 Å². The Morgan fingerprint density at radius 3 is 2.17 bits per heavy atom. The van der Waals surface area contributed by atoms with Gasteiger partial charge in [0.15, 0.2) is 0 Å². The van der Waals surface area contributed by atoms with Crippen LogP contribution in [0.2, 0.25) is 0 Å². The van der Waals surface area contributed by atoms with E-state index in [0.29, 0.717) is 51.9 Å². The molecule has 3 aliphatic rings. The maximum Gasteiger partial charge on any atom is 0.406 e. The molecule has 0 unspecified atom stereocenters. The SMILES string of the molecule is O=C1[C@H](N2CCN(S(=O)(=O)C3CC3)CC2)CCCN1CC(F)(F)F. The number of carbonyl (C=O) groups is 1. The second-order valence-electron chi connectivity index (χ2n) is 6.71. The van der Waals surface area contributed by atoms with Crippen LogP contribution in [0.15, 0.2) is 0 Å². The van der Waals surface area contributed by atoms with Gasteiger partial charge in [0.25, 0.3) is 0 Å². The summed E-state index contributed by atoms with van der Waals surface area (Å²) in [4.78, 5) is 15.1. The van der Waals surface area contributed by atoms with Gasteiger partial charge in [0, 0.05) is 32.7 Å². The fourth-order valence-electron chi connectivity index (χ4n) is 3.48. The minimum absolute atomic E-state index is 0.130. The lowest BCUT2D eigenvalue weighted by molar-refractivity contribution is -0.168. The van der Waals surface area contributed by atoms with Crippen molar-refractivity contribution in [3.63, 3.8) is 0 Å². The average Bonchev–Trinajstić information content (AvgIpc) is 3.33. The third kappa shape index (κ3) is 3.85. The first-order chi connectivity index (χ1) is 11.2. The van der Waals surface area contributed by atoms with Gasteiger partial charge in [0.1, 0.15) is 6.54 Å². The van der Waals surface area contributed by atoms with E-state index in [1.807, 2.05) is 4.90 Å². The molecule has 138 valence electrons. The predicted octanol–water partition coefficient (Wildman–Crippen LogP) is 0.649. The molecule has 2 saturated heterocycles. The molecule has 1 saturated carbocycles. The lowest BCUT2D eigenvalue weighted by Gasteiger charge is -2.42. The summed E-state index contributed by atoms with van der Waals surface area (Å²) < 4.78 is 63.6. The molecule has 24 heavy (non-hydrogen) atoms. The van der Waals surface area contributed by atoms with E-state index in [9.17, 15) is 26.4 Å². The van der Waals surface area contributed by atoms with Gasteiger partial charge in [-0.25, -0.2) is 8.42 Å². The summed E-state index contributed by atoms with van der Waals surface area (Å²) in [6.45, 7) is 0.317. The van der Waals surface area contributed by atoms with Crippen LogP contribution in [-0.2, 0) is 14.8 Å². The Labute approximate surface area is 139 Å². The van der Waals surface area contributed by atoms with E-state index in [0.717, 1.165) is 4.90 Å². The zero-order valence-electron chi connectivity index (χ0n) is 13.3. The molecule has 10 heteroatoms. The molecule has 0 N–H and O–H groups in total. The van der Waals surface area contributed by atoms with Gasteiger partial charge in [-0.3, -0.25) is 9.69 Å². The normalized spacial score (nSPS) is 28.4. The molecule has 0 spiro atoms. The summed E-state index contributed by atoms with van der Waals surface area (Å²) in [5.74, 6) is -0.489. The van der Waals surface area contributed by atoms with Crippen molar-refractivity contribution < 1.29 is 26.4 Å². The van der Waals surface area contributed by atoms with Crippen LogP contribution in [-0.4, -0.2) is 85.2 Å². The summed E-state index contributed by atoms with van der Waals surface area (Å²) in [6.07, 6.45) is -1.92. The second kappa shape index (κ2) is 6.45. The summed E-state index contributed by atoms with van der Waals surface area (Å²) in [5.41, 5.74) is 0. The number of piperazine rings is 1. The van der Waals surface area contributed by atoms with Crippen molar-refractivity contribution in [1.82, 2.24) is 14.1 Å². The van der Waals surface area contributed by atoms with E-state index < -0.39 is 34.7 Å². The van der Waals surface area contributed by atoms with Crippen LogP contribution >= 0.6 is 0 Å². The Morgan fingerprint density at radius 1 is 1.00 bits per heavy atom. The van der Waals surface area contributed by atoms with Crippen molar-refractivity contribution in [1.29, 1.82) is 0 Å². The molecule has 6 nitrogen and oxygen atoms in total. The number of rotatable bonds is 4. The lowest BCUT2D eigenvalue weighted by atomic mass is 10.0. The second-order valence-corrected chi connectivity index (χ2v) is 8.93. The van der Waals surface area contributed by atoms with Crippen LogP contribution in [0.3, 0.4) is 0 Å². The van der Waals surface area contributed by atoms with Crippen LogP contribution in [0.25, 0.3) is 0 Å². The number of halogens is 3. The standard InChI is InChI=1S/C14H22F3N3O3S/c15-14(16,17)10-19-5-1-2-12(13(19)21)18-6-8-20(9-7-18)24(22,23)11-3-4-11/h11-12H,1-10H2/t12-/m1/s1. The molecule has 1 atom stereocenters. The van der Waals surface area contributed by atoms with Gasteiger partial charge < -0.3 is 4.90 Å². The summed E-state index contributed by atoms with van der Waals surface area (Å²) in [7, 11) is -3.23. The number of likely N-dealkylation sites (tertiary alicyclic amines) is 1. The van der Waals surface area contributed by atoms with Gasteiger partial charge in [-0.15, -0.1) is 0 Å². The van der Waals surface area contributed by atoms with E-state index in [1.165, 1.54) is 4.31 Å². The summed E-state index contributed by atoms with van der Waals surface area (Å²) in [6, 6.07) is -0.563. The summed E-state index contributed by atoms with van der Waals surface area (Å²) in [5, 5.41) is -0.261. The number of nitrogens with zero attached hydrogens (tertiary/aromatic N) is 3. The quantitative estimate of drug-likeness (QED) is 0.730. The Hall–Kier alpha value is -0.870. The van der Waals surface area contributed by atoms with Gasteiger partial charge in [-0.1, -0.05) is 0 Å². The van der Waals surface area contributed by atoms with E-state index in [1.54, 1.807) is 0 Å². The molecule has 0 bridgehead atoms. The van der Waals surface area contributed by atoms with Crippen LogP contribution < -0.4 is 0 Å².